The number of carbonyl (C=O) groups excluding carboxylic acids is 4. The molecule has 2 aromatic rings. The molecular weight excluding hydrogens is 516 g/mol. The lowest BCUT2D eigenvalue weighted by molar-refractivity contribution is -0.127. The summed E-state index contributed by atoms with van der Waals surface area (Å²) >= 11 is 9.56. The first-order valence-corrected chi connectivity index (χ1v) is 10.7. The molecule has 0 aliphatic rings. The Labute approximate surface area is 212 Å². The molecule has 0 aliphatic carbocycles. The summed E-state index contributed by atoms with van der Waals surface area (Å²) in [6.07, 6.45) is 0. The van der Waals surface area contributed by atoms with Gasteiger partial charge in [-0.25, -0.2) is 9.59 Å². The highest BCUT2D eigenvalue weighted by molar-refractivity contribution is 7.91. The van der Waals surface area contributed by atoms with Gasteiger partial charge in [-0.3, -0.25) is 9.59 Å². The maximum absolute atomic E-state index is 12.5. The summed E-state index contributed by atoms with van der Waals surface area (Å²) in [5.41, 5.74) is 17.7. The summed E-state index contributed by atoms with van der Waals surface area (Å²) in [7, 11) is 0. The Kier molecular flexibility index (Phi) is 10.5. The number of ketones is 2. The van der Waals surface area contributed by atoms with Crippen LogP contribution in [0.25, 0.3) is 20.9 Å². The number of nitrogens with zero attached hydrogens (tertiary/aromatic N) is 6. The molecule has 0 radical (unpaired) electrons. The molecule has 0 aromatic heterocycles. The highest BCUT2D eigenvalue weighted by Gasteiger charge is 2.27. The highest BCUT2D eigenvalue weighted by atomic mass is 32.2. The Balaban J connectivity index is 1.97. The van der Waals surface area contributed by atoms with Gasteiger partial charge >= 0.3 is 11.9 Å². The molecule has 0 fully saturated rings. The maximum Gasteiger partial charge on any atom is 0.367 e. The van der Waals surface area contributed by atoms with Crippen LogP contribution in [0.3, 0.4) is 0 Å². The summed E-state index contributed by atoms with van der Waals surface area (Å²) < 4.78 is 9.23. The molecule has 0 spiro atoms. The summed E-state index contributed by atoms with van der Waals surface area (Å²) in [6.45, 7) is -0.278. The lowest BCUT2D eigenvalue weighted by Gasteiger charge is -2.08. The Bertz CT molecular complexity index is 1220. The molecule has 0 N–H and O–H groups in total. The number of azide groups is 2. The van der Waals surface area contributed by atoms with Crippen molar-refractivity contribution < 1.29 is 27.5 Å². The lowest BCUT2D eigenvalue weighted by Crippen LogP contribution is -2.25. The van der Waals surface area contributed by atoms with E-state index in [0.717, 1.165) is 0 Å². The fourth-order valence-electron chi connectivity index (χ4n) is 2.56. The van der Waals surface area contributed by atoms with Gasteiger partial charge in [-0.1, -0.05) is 83.2 Å². The van der Waals surface area contributed by atoms with Crippen molar-refractivity contribution in [3.05, 3.63) is 91.7 Å². The van der Waals surface area contributed by atoms with E-state index in [1.807, 2.05) is 0 Å². The van der Waals surface area contributed by atoms with E-state index in [0.29, 0.717) is 11.1 Å². The number of hydrogen-bond donors (Lipinski definition) is 0. The summed E-state index contributed by atoms with van der Waals surface area (Å²) in [6, 6.07) is 12.1. The quantitative estimate of drug-likeness (QED) is 0.0712. The zero-order valence-electron chi connectivity index (χ0n) is 17.4. The third-order valence-corrected chi connectivity index (χ3v) is 5.28. The lowest BCUT2D eigenvalue weighted by atomic mass is 10.0. The zero-order chi connectivity index (χ0) is 25.8. The van der Waals surface area contributed by atoms with E-state index in [2.05, 4.69) is 28.4 Å². The van der Waals surface area contributed by atoms with Crippen molar-refractivity contribution >= 4 is 70.0 Å². The van der Waals surface area contributed by atoms with Gasteiger partial charge in [0.05, 0.1) is 13.1 Å². The van der Waals surface area contributed by atoms with Crippen molar-refractivity contribution in [3.63, 3.8) is 0 Å². The van der Waals surface area contributed by atoms with Crippen molar-refractivity contribution in [2.24, 2.45) is 10.2 Å². The minimum absolute atomic E-state index is 0.0371. The maximum atomic E-state index is 12.5. The van der Waals surface area contributed by atoms with Gasteiger partial charge in [-0.15, -0.1) is 0 Å². The molecule has 35 heavy (non-hydrogen) atoms. The van der Waals surface area contributed by atoms with Crippen molar-refractivity contribution in [2.45, 2.75) is 13.1 Å². The largest absolute Gasteiger partial charge is 0.367 e. The molecule has 0 amide bonds. The Morgan fingerprint density at radius 2 is 1.11 bits per heavy atom. The molecule has 0 atom stereocenters. The van der Waals surface area contributed by atoms with Crippen LogP contribution in [-0.2, 0) is 31.0 Å². The van der Waals surface area contributed by atoms with Crippen LogP contribution in [0.15, 0.2) is 58.8 Å². The monoisotopic (exact) mass is 528 g/mol. The molecule has 0 bridgehead atoms. The molecule has 0 unspecified atom stereocenters. The molecule has 2 rings (SSSR count). The number of thiocarbonyl (C=S) groups is 2. The van der Waals surface area contributed by atoms with Crippen LogP contribution in [0.4, 0.5) is 0 Å². The van der Waals surface area contributed by atoms with Gasteiger partial charge in [0, 0.05) is 21.0 Å². The first kappa shape index (κ1) is 27.1. The first-order chi connectivity index (χ1) is 16.8. The van der Waals surface area contributed by atoms with E-state index in [1.54, 1.807) is 12.1 Å². The van der Waals surface area contributed by atoms with Crippen molar-refractivity contribution in [2.75, 3.05) is 0 Å². The van der Waals surface area contributed by atoms with E-state index in [1.165, 1.54) is 36.4 Å². The predicted molar refractivity (Wildman–Crippen MR) is 132 cm³/mol. The van der Waals surface area contributed by atoms with Crippen LogP contribution in [0, 0.1) is 0 Å². The SMILES string of the molecule is [N-]=[N+]=NCc1ccccc1C(=O)C(=S)C(=O)OSOC(=O)C(=S)C(=O)c1ccccc1CN=[N+]=[N-]. The van der Waals surface area contributed by atoms with Crippen LogP contribution >= 0.6 is 36.8 Å². The van der Waals surface area contributed by atoms with Crippen molar-refractivity contribution in [3.8, 4) is 0 Å². The van der Waals surface area contributed by atoms with Crippen LogP contribution in [0.5, 0.6) is 0 Å². The van der Waals surface area contributed by atoms with E-state index in [9.17, 15) is 19.2 Å². The van der Waals surface area contributed by atoms with Gasteiger partial charge < -0.3 is 8.37 Å². The second-order valence-electron chi connectivity index (χ2n) is 6.22. The standard InChI is InChI=1S/C20H12N6O6S3/c21-25-23-9-11-5-1-3-7-13(11)15(27)17(33)19(29)31-35-32-20(30)18(34)16(28)14-8-4-2-6-12(14)10-24-26-22/h1-8H,9-10H2. The molecule has 176 valence electrons. The Morgan fingerprint density at radius 3 is 1.49 bits per heavy atom. The molecule has 12 nitrogen and oxygen atoms in total. The van der Waals surface area contributed by atoms with E-state index >= 15 is 0 Å². The van der Waals surface area contributed by atoms with E-state index in [4.69, 9.17) is 35.5 Å². The van der Waals surface area contributed by atoms with Gasteiger partial charge in [-0.2, -0.15) is 0 Å². The smallest absolute Gasteiger partial charge is 0.350 e. The summed E-state index contributed by atoms with van der Waals surface area (Å²) in [4.78, 5) is 53.1. The van der Waals surface area contributed by atoms with Crippen LogP contribution in [0.1, 0.15) is 31.8 Å². The van der Waals surface area contributed by atoms with Gasteiger partial charge in [0.2, 0.25) is 11.6 Å². The van der Waals surface area contributed by atoms with Crippen LogP contribution in [-0.4, -0.2) is 33.2 Å². The molecule has 0 heterocycles. The predicted octanol–water partition coefficient (Wildman–Crippen LogP) is 4.76. The molecular formula is C20H12N6O6S3. The molecule has 15 heteroatoms. The Morgan fingerprint density at radius 1 is 0.743 bits per heavy atom. The molecule has 0 aliphatic heterocycles. The van der Waals surface area contributed by atoms with Gasteiger partial charge in [0.25, 0.3) is 12.3 Å². The minimum Gasteiger partial charge on any atom is -0.350 e. The second-order valence-corrected chi connectivity index (χ2v) is 7.50. The highest BCUT2D eigenvalue weighted by Crippen LogP contribution is 2.16. The number of Topliss-reactive ketones (excluding diaryl/α,β-unsaturated/α-hetero) is 2. The average molecular weight is 529 g/mol. The topological polar surface area (TPSA) is 184 Å². The van der Waals surface area contributed by atoms with Gasteiger partial charge in [-0.05, 0) is 22.2 Å². The number of rotatable bonds is 12. The zero-order valence-corrected chi connectivity index (χ0v) is 19.8. The number of carbonyl (C=O) groups is 4. The van der Waals surface area contributed by atoms with Crippen LogP contribution < -0.4 is 0 Å². The third-order valence-electron chi connectivity index (χ3n) is 4.14. The van der Waals surface area contributed by atoms with Crippen molar-refractivity contribution in [1.82, 2.24) is 0 Å². The van der Waals surface area contributed by atoms with Crippen LogP contribution in [0.2, 0.25) is 0 Å². The first-order valence-electron chi connectivity index (χ1n) is 9.26. The fourth-order valence-corrected chi connectivity index (χ4v) is 3.29. The summed E-state index contributed by atoms with van der Waals surface area (Å²) in [5, 5.41) is 6.75. The molecule has 0 saturated carbocycles. The molecule has 0 saturated heterocycles. The Hall–Kier alpha value is -4.13. The number of benzene rings is 2. The van der Waals surface area contributed by atoms with Crippen molar-refractivity contribution in [1.29, 1.82) is 0 Å². The number of hydrogen-bond acceptors (Lipinski definition) is 11. The minimum atomic E-state index is -1.28. The van der Waals surface area contributed by atoms with Gasteiger partial charge in [0.15, 0.2) is 9.73 Å². The van der Waals surface area contributed by atoms with Gasteiger partial charge in [0.1, 0.15) is 0 Å². The average Bonchev–Trinajstić information content (AvgIpc) is 2.89. The second kappa shape index (κ2) is 13.5. The van der Waals surface area contributed by atoms with E-state index in [-0.39, 0.29) is 36.5 Å². The summed E-state index contributed by atoms with van der Waals surface area (Å²) in [5.74, 6) is -4.28. The molecule has 2 aromatic carbocycles. The fraction of sp³-hybridized carbons (Fsp3) is 0.100. The third kappa shape index (κ3) is 7.43. The van der Waals surface area contributed by atoms with E-state index < -0.39 is 33.2 Å². The normalized spacial score (nSPS) is 9.60.